The average molecular weight is 296 g/mol. The van der Waals surface area contributed by atoms with Gasteiger partial charge in [-0.1, -0.05) is 15.9 Å². The molecule has 1 aromatic carbocycles. The number of hydrogen-bond donors (Lipinski definition) is 0. The lowest BCUT2D eigenvalue weighted by atomic mass is 10.2. The fourth-order valence-electron chi connectivity index (χ4n) is 1.72. The lowest BCUT2D eigenvalue weighted by Crippen LogP contribution is -2.07. The van der Waals surface area contributed by atoms with Gasteiger partial charge in [0.2, 0.25) is 0 Å². The average Bonchev–Trinajstić information content (AvgIpc) is 2.71. The molecular weight excluding hydrogens is 285 g/mol. The first-order valence-electron chi connectivity index (χ1n) is 5.18. The molecule has 0 aliphatic rings. The van der Waals surface area contributed by atoms with Crippen LogP contribution in [0.1, 0.15) is 23.0 Å². The summed E-state index contributed by atoms with van der Waals surface area (Å²) in [6.07, 6.45) is 1.77. The van der Waals surface area contributed by atoms with Crippen molar-refractivity contribution in [3.05, 3.63) is 58.1 Å². The largest absolute Gasteiger partial charge is 0.341 e. The highest BCUT2D eigenvalue weighted by Gasteiger charge is 2.09. The predicted octanol–water partition coefficient (Wildman–Crippen LogP) is 3.64. The first-order chi connectivity index (χ1) is 8.08. The van der Waals surface area contributed by atoms with Crippen molar-refractivity contribution in [2.24, 2.45) is 0 Å². The Labute approximate surface area is 107 Å². The van der Waals surface area contributed by atoms with Gasteiger partial charge in [0.25, 0.3) is 0 Å². The number of carbonyl (C=O) groups is 1. The zero-order chi connectivity index (χ0) is 12.4. The quantitative estimate of drug-likeness (QED) is 0.793. The van der Waals surface area contributed by atoms with Gasteiger partial charge >= 0.3 is 0 Å². The molecule has 88 valence electrons. The zero-order valence-electron chi connectivity index (χ0n) is 9.28. The van der Waals surface area contributed by atoms with Crippen LogP contribution in [0.25, 0.3) is 0 Å². The van der Waals surface area contributed by atoms with Gasteiger partial charge in [0.15, 0.2) is 5.78 Å². The van der Waals surface area contributed by atoms with Crippen LogP contribution in [0.15, 0.2) is 41.0 Å². The SMILES string of the molecule is CC(=O)c1cccn1Cc1cc(Br)ccc1F. The molecule has 0 unspecified atom stereocenters. The first-order valence-corrected chi connectivity index (χ1v) is 5.97. The van der Waals surface area contributed by atoms with Crippen LogP contribution in [0.3, 0.4) is 0 Å². The first kappa shape index (κ1) is 12.0. The van der Waals surface area contributed by atoms with Gasteiger partial charge in [-0.05, 0) is 30.3 Å². The van der Waals surface area contributed by atoms with Crippen LogP contribution in [-0.2, 0) is 6.54 Å². The van der Waals surface area contributed by atoms with Crippen molar-refractivity contribution in [3.63, 3.8) is 0 Å². The van der Waals surface area contributed by atoms with Gasteiger partial charge in [-0.15, -0.1) is 0 Å². The van der Waals surface area contributed by atoms with E-state index in [0.29, 0.717) is 17.8 Å². The molecular formula is C13H11BrFNO. The number of nitrogens with zero attached hydrogens (tertiary/aromatic N) is 1. The van der Waals surface area contributed by atoms with Crippen LogP contribution in [0.5, 0.6) is 0 Å². The van der Waals surface area contributed by atoms with E-state index >= 15 is 0 Å². The molecule has 0 aliphatic heterocycles. The number of hydrogen-bond acceptors (Lipinski definition) is 1. The van der Waals surface area contributed by atoms with Gasteiger partial charge in [0.1, 0.15) is 5.82 Å². The van der Waals surface area contributed by atoms with Crippen molar-refractivity contribution in [2.75, 3.05) is 0 Å². The highest BCUT2D eigenvalue weighted by molar-refractivity contribution is 9.10. The highest BCUT2D eigenvalue weighted by Crippen LogP contribution is 2.17. The van der Waals surface area contributed by atoms with Crippen molar-refractivity contribution in [1.29, 1.82) is 0 Å². The highest BCUT2D eigenvalue weighted by atomic mass is 79.9. The smallest absolute Gasteiger partial charge is 0.176 e. The molecule has 0 fully saturated rings. The topological polar surface area (TPSA) is 22.0 Å². The molecule has 1 aromatic heterocycles. The Hall–Kier alpha value is -1.42. The number of aromatic nitrogens is 1. The normalized spacial score (nSPS) is 10.5. The van der Waals surface area contributed by atoms with Crippen molar-refractivity contribution in [1.82, 2.24) is 4.57 Å². The third-order valence-corrected chi connectivity index (χ3v) is 3.03. The predicted molar refractivity (Wildman–Crippen MR) is 67.6 cm³/mol. The molecule has 17 heavy (non-hydrogen) atoms. The second-order valence-electron chi connectivity index (χ2n) is 3.81. The van der Waals surface area contributed by atoms with E-state index in [0.717, 1.165) is 4.47 Å². The second kappa shape index (κ2) is 4.84. The summed E-state index contributed by atoms with van der Waals surface area (Å²) in [6.45, 7) is 1.86. The molecule has 2 nitrogen and oxygen atoms in total. The Balaban J connectivity index is 2.34. The van der Waals surface area contributed by atoms with Crippen LogP contribution >= 0.6 is 15.9 Å². The molecule has 0 N–H and O–H groups in total. The van der Waals surface area contributed by atoms with Gasteiger partial charge in [-0.3, -0.25) is 4.79 Å². The fourth-order valence-corrected chi connectivity index (χ4v) is 2.13. The molecule has 0 aliphatic carbocycles. The van der Waals surface area contributed by atoms with Crippen molar-refractivity contribution < 1.29 is 9.18 Å². The van der Waals surface area contributed by atoms with Gasteiger partial charge in [0.05, 0.1) is 12.2 Å². The van der Waals surface area contributed by atoms with Crippen molar-refractivity contribution >= 4 is 21.7 Å². The summed E-state index contributed by atoms with van der Waals surface area (Å²) >= 11 is 3.30. The number of ketones is 1. The van der Waals surface area contributed by atoms with E-state index in [1.165, 1.54) is 13.0 Å². The summed E-state index contributed by atoms with van der Waals surface area (Å²) in [5, 5.41) is 0. The molecule has 1 heterocycles. The van der Waals surface area contributed by atoms with E-state index in [1.54, 1.807) is 35.0 Å². The number of Topliss-reactive ketones (excluding diaryl/α,β-unsaturated/α-hetero) is 1. The maximum atomic E-state index is 13.6. The Kier molecular flexibility index (Phi) is 3.43. The van der Waals surface area contributed by atoms with Gasteiger partial charge in [-0.25, -0.2) is 4.39 Å². The van der Waals surface area contributed by atoms with E-state index in [9.17, 15) is 9.18 Å². The Bertz CT molecular complexity index is 562. The van der Waals surface area contributed by atoms with Crippen LogP contribution in [0.2, 0.25) is 0 Å². The van der Waals surface area contributed by atoms with Gasteiger partial charge in [0, 0.05) is 23.2 Å². The maximum absolute atomic E-state index is 13.6. The molecule has 0 bridgehead atoms. The van der Waals surface area contributed by atoms with Crippen LogP contribution < -0.4 is 0 Å². The summed E-state index contributed by atoms with van der Waals surface area (Å²) in [6, 6.07) is 8.31. The molecule has 0 radical (unpaired) electrons. The molecule has 0 saturated heterocycles. The van der Waals surface area contributed by atoms with E-state index < -0.39 is 0 Å². The van der Waals surface area contributed by atoms with Crippen molar-refractivity contribution in [3.8, 4) is 0 Å². The lowest BCUT2D eigenvalue weighted by molar-refractivity contribution is 0.100. The molecule has 0 atom stereocenters. The molecule has 0 spiro atoms. The minimum absolute atomic E-state index is 0.0228. The molecule has 2 aromatic rings. The summed E-state index contributed by atoms with van der Waals surface area (Å²) in [4.78, 5) is 11.3. The minimum atomic E-state index is -0.267. The summed E-state index contributed by atoms with van der Waals surface area (Å²) in [7, 11) is 0. The van der Waals surface area contributed by atoms with Crippen LogP contribution in [-0.4, -0.2) is 10.4 Å². The molecule has 0 saturated carbocycles. The minimum Gasteiger partial charge on any atom is -0.341 e. The Morgan fingerprint density at radius 1 is 1.41 bits per heavy atom. The molecule has 0 amide bonds. The standard InChI is InChI=1S/C13H11BrFNO/c1-9(17)13-3-2-6-16(13)8-10-7-11(14)4-5-12(10)15/h2-7H,8H2,1H3. The van der Waals surface area contributed by atoms with E-state index in [-0.39, 0.29) is 11.6 Å². The van der Waals surface area contributed by atoms with E-state index in [4.69, 9.17) is 0 Å². The number of rotatable bonds is 3. The molecule has 4 heteroatoms. The third-order valence-electron chi connectivity index (χ3n) is 2.54. The summed E-state index contributed by atoms with van der Waals surface area (Å²) < 4.78 is 16.1. The number of halogens is 2. The van der Waals surface area contributed by atoms with Gasteiger partial charge < -0.3 is 4.57 Å². The zero-order valence-corrected chi connectivity index (χ0v) is 10.9. The Morgan fingerprint density at radius 2 is 2.18 bits per heavy atom. The molecule has 2 rings (SSSR count). The van der Waals surface area contributed by atoms with E-state index in [2.05, 4.69) is 15.9 Å². The fraction of sp³-hybridized carbons (Fsp3) is 0.154. The number of carbonyl (C=O) groups excluding carboxylic acids is 1. The monoisotopic (exact) mass is 295 g/mol. The van der Waals surface area contributed by atoms with Crippen LogP contribution in [0.4, 0.5) is 4.39 Å². The summed E-state index contributed by atoms with van der Waals surface area (Å²) in [5.74, 6) is -0.290. The maximum Gasteiger partial charge on any atom is 0.176 e. The van der Waals surface area contributed by atoms with Crippen LogP contribution in [0, 0.1) is 5.82 Å². The van der Waals surface area contributed by atoms with Gasteiger partial charge in [-0.2, -0.15) is 0 Å². The van der Waals surface area contributed by atoms with E-state index in [1.807, 2.05) is 0 Å². The third kappa shape index (κ3) is 2.64. The summed E-state index contributed by atoms with van der Waals surface area (Å²) in [5.41, 5.74) is 1.14. The van der Waals surface area contributed by atoms with Crippen molar-refractivity contribution in [2.45, 2.75) is 13.5 Å². The lowest BCUT2D eigenvalue weighted by Gasteiger charge is -2.08. The Morgan fingerprint density at radius 3 is 2.88 bits per heavy atom. The number of benzene rings is 1. The second-order valence-corrected chi connectivity index (χ2v) is 4.73.